The van der Waals surface area contributed by atoms with Gasteiger partial charge in [-0.25, -0.2) is 9.59 Å². The van der Waals surface area contributed by atoms with Gasteiger partial charge in [0.05, 0.1) is 13.2 Å². The van der Waals surface area contributed by atoms with Gasteiger partial charge in [0.25, 0.3) is 0 Å². The van der Waals surface area contributed by atoms with Crippen molar-refractivity contribution < 1.29 is 23.5 Å². The van der Waals surface area contributed by atoms with Crippen LogP contribution in [0.2, 0.25) is 16.6 Å². The molecule has 192 valence electrons. The van der Waals surface area contributed by atoms with Gasteiger partial charge in [-0.2, -0.15) is 0 Å². The third-order valence-electron chi connectivity index (χ3n) is 6.65. The number of esters is 1. The predicted molar refractivity (Wildman–Crippen MR) is 142 cm³/mol. The number of nitrogens with one attached hydrogen (secondary N) is 1. The standard InChI is InChI=1S/C28H41NO5Si/c1-20(2)35(21(3)4,22(5)6)34-26(27(30)32-7)25(18-23-14-10-8-11-15-23)29-28(31)33-19-24-16-12-9-13-17-24/h8-17,20-22,25-26H,18-19H2,1-7H3,(H,29,31)/t25-,26+/m1/s1. The topological polar surface area (TPSA) is 73.9 Å². The van der Waals surface area contributed by atoms with E-state index >= 15 is 0 Å². The summed E-state index contributed by atoms with van der Waals surface area (Å²) in [7, 11) is -1.11. The number of methoxy groups -OCH3 is 1. The summed E-state index contributed by atoms with van der Waals surface area (Å²) in [5, 5.41) is 2.93. The average molecular weight is 500 g/mol. The summed E-state index contributed by atoms with van der Waals surface area (Å²) in [5.41, 5.74) is 2.64. The van der Waals surface area contributed by atoms with E-state index in [4.69, 9.17) is 13.9 Å². The van der Waals surface area contributed by atoms with Gasteiger partial charge in [0, 0.05) is 0 Å². The zero-order valence-electron chi connectivity index (χ0n) is 22.1. The highest BCUT2D eigenvalue weighted by Gasteiger charge is 2.49. The third-order valence-corrected chi connectivity index (χ3v) is 12.7. The van der Waals surface area contributed by atoms with Crippen LogP contribution in [0.3, 0.4) is 0 Å². The molecule has 2 aromatic carbocycles. The second kappa shape index (κ2) is 13.4. The van der Waals surface area contributed by atoms with Gasteiger partial charge in [-0.3, -0.25) is 0 Å². The molecule has 0 bridgehead atoms. The van der Waals surface area contributed by atoms with Crippen molar-refractivity contribution in [3.8, 4) is 0 Å². The molecule has 1 N–H and O–H groups in total. The Morgan fingerprint density at radius 1 is 0.800 bits per heavy atom. The number of carbonyl (C=O) groups is 2. The van der Waals surface area contributed by atoms with Crippen LogP contribution in [0.1, 0.15) is 52.7 Å². The molecule has 0 unspecified atom stereocenters. The molecule has 6 nitrogen and oxygen atoms in total. The maximum Gasteiger partial charge on any atom is 0.407 e. The van der Waals surface area contributed by atoms with Crippen molar-refractivity contribution in [1.29, 1.82) is 0 Å². The molecular weight excluding hydrogens is 458 g/mol. The van der Waals surface area contributed by atoms with Crippen LogP contribution in [-0.2, 0) is 31.7 Å². The normalized spacial score (nSPS) is 13.5. The molecule has 35 heavy (non-hydrogen) atoms. The van der Waals surface area contributed by atoms with E-state index in [0.717, 1.165) is 11.1 Å². The minimum atomic E-state index is -2.46. The molecule has 1 amide bonds. The quantitative estimate of drug-likeness (QED) is 0.276. The Hall–Kier alpha value is -2.64. The first kappa shape index (κ1) is 28.6. The Morgan fingerprint density at radius 2 is 1.29 bits per heavy atom. The van der Waals surface area contributed by atoms with E-state index in [1.54, 1.807) is 0 Å². The summed E-state index contributed by atoms with van der Waals surface area (Å²) in [5.74, 6) is -0.492. The number of hydrogen-bond donors (Lipinski definition) is 1. The first-order valence-corrected chi connectivity index (χ1v) is 14.5. The fourth-order valence-electron chi connectivity index (χ4n) is 5.06. The molecule has 0 fully saturated rings. The number of amides is 1. The highest BCUT2D eigenvalue weighted by atomic mass is 28.4. The second-order valence-electron chi connectivity index (χ2n) is 9.88. The summed E-state index contributed by atoms with van der Waals surface area (Å²) in [4.78, 5) is 26.0. The van der Waals surface area contributed by atoms with E-state index in [-0.39, 0.29) is 23.2 Å². The van der Waals surface area contributed by atoms with Crippen LogP contribution in [-0.4, -0.2) is 39.6 Å². The number of alkyl carbamates (subject to hydrolysis) is 1. The molecule has 0 heterocycles. The zero-order chi connectivity index (χ0) is 26.0. The molecule has 0 aliphatic rings. The molecule has 2 rings (SSSR count). The van der Waals surface area contributed by atoms with Crippen LogP contribution in [0.5, 0.6) is 0 Å². The van der Waals surface area contributed by atoms with Crippen LogP contribution in [0.15, 0.2) is 60.7 Å². The minimum Gasteiger partial charge on any atom is -0.467 e. The Balaban J connectivity index is 2.37. The third kappa shape index (κ3) is 7.67. The van der Waals surface area contributed by atoms with Crippen LogP contribution < -0.4 is 5.32 Å². The second-order valence-corrected chi connectivity index (χ2v) is 15.3. The van der Waals surface area contributed by atoms with Crippen molar-refractivity contribution in [2.45, 2.75) is 83.3 Å². The van der Waals surface area contributed by atoms with E-state index in [0.29, 0.717) is 6.42 Å². The van der Waals surface area contributed by atoms with Gasteiger partial charge >= 0.3 is 12.1 Å². The van der Waals surface area contributed by atoms with Gasteiger partial charge in [0.1, 0.15) is 6.61 Å². The van der Waals surface area contributed by atoms with Crippen molar-refractivity contribution in [2.75, 3.05) is 7.11 Å². The van der Waals surface area contributed by atoms with Crippen LogP contribution in [0.4, 0.5) is 4.79 Å². The Labute approximate surface area is 211 Å². The lowest BCUT2D eigenvalue weighted by molar-refractivity contribution is -0.151. The molecule has 0 radical (unpaired) electrons. The molecular formula is C28H41NO5Si. The van der Waals surface area contributed by atoms with Crippen molar-refractivity contribution in [3.63, 3.8) is 0 Å². The van der Waals surface area contributed by atoms with Gasteiger partial charge in [-0.15, -0.1) is 0 Å². The van der Waals surface area contributed by atoms with E-state index < -0.39 is 32.5 Å². The Kier molecular flexibility index (Phi) is 11.0. The maximum absolute atomic E-state index is 13.1. The predicted octanol–water partition coefficient (Wildman–Crippen LogP) is 6.26. The average Bonchev–Trinajstić information content (AvgIpc) is 2.83. The largest absolute Gasteiger partial charge is 0.467 e. The molecule has 0 saturated carbocycles. The minimum absolute atomic E-state index is 0.136. The molecule has 0 saturated heterocycles. The SMILES string of the molecule is COC(=O)[C@@H](O[Si](C(C)C)(C(C)C)C(C)C)[C@@H](Cc1ccccc1)NC(=O)OCc1ccccc1. The van der Waals surface area contributed by atoms with E-state index in [1.807, 2.05) is 60.7 Å². The number of ether oxygens (including phenoxy) is 2. The number of carbonyl (C=O) groups excluding carboxylic acids is 2. The summed E-state index contributed by atoms with van der Waals surface area (Å²) in [6, 6.07) is 18.6. The van der Waals surface area contributed by atoms with Gasteiger partial charge in [-0.05, 0) is 34.2 Å². The van der Waals surface area contributed by atoms with E-state index in [1.165, 1.54) is 7.11 Å². The van der Waals surface area contributed by atoms with Crippen LogP contribution in [0.25, 0.3) is 0 Å². The fourth-order valence-corrected chi connectivity index (χ4v) is 10.6. The van der Waals surface area contributed by atoms with Crippen molar-refractivity contribution in [1.82, 2.24) is 5.32 Å². The summed E-state index contributed by atoms with van der Waals surface area (Å²) in [6.07, 6.45) is -1.15. The molecule has 0 aromatic heterocycles. The number of benzene rings is 2. The maximum atomic E-state index is 13.1. The van der Waals surface area contributed by atoms with Gasteiger partial charge in [0.2, 0.25) is 8.32 Å². The molecule has 2 aromatic rings. The highest BCUT2D eigenvalue weighted by Crippen LogP contribution is 2.43. The Bertz CT molecular complexity index is 896. The molecule has 0 aliphatic carbocycles. The number of hydrogen-bond acceptors (Lipinski definition) is 5. The van der Waals surface area contributed by atoms with E-state index in [9.17, 15) is 9.59 Å². The summed E-state index contributed by atoms with van der Waals surface area (Å²) >= 11 is 0. The number of rotatable bonds is 12. The van der Waals surface area contributed by atoms with Crippen molar-refractivity contribution in [2.24, 2.45) is 0 Å². The zero-order valence-corrected chi connectivity index (χ0v) is 23.1. The summed E-state index contributed by atoms with van der Waals surface area (Å²) < 4.78 is 17.5. The van der Waals surface area contributed by atoms with Crippen molar-refractivity contribution in [3.05, 3.63) is 71.8 Å². The lowest BCUT2D eigenvalue weighted by Crippen LogP contribution is -2.58. The molecule has 7 heteroatoms. The highest BCUT2D eigenvalue weighted by molar-refractivity contribution is 6.77. The summed E-state index contributed by atoms with van der Waals surface area (Å²) in [6.45, 7) is 13.1. The first-order valence-electron chi connectivity index (χ1n) is 12.4. The van der Waals surface area contributed by atoms with Gasteiger partial charge in [0.15, 0.2) is 6.10 Å². The molecule has 2 atom stereocenters. The van der Waals surface area contributed by atoms with Crippen LogP contribution >= 0.6 is 0 Å². The van der Waals surface area contributed by atoms with Crippen molar-refractivity contribution >= 4 is 20.4 Å². The monoisotopic (exact) mass is 499 g/mol. The molecule has 0 aliphatic heterocycles. The van der Waals surface area contributed by atoms with Gasteiger partial charge in [-0.1, -0.05) is 102 Å². The van der Waals surface area contributed by atoms with Gasteiger partial charge < -0.3 is 19.2 Å². The molecule has 0 spiro atoms. The Morgan fingerprint density at radius 3 is 1.74 bits per heavy atom. The smallest absolute Gasteiger partial charge is 0.407 e. The lowest BCUT2D eigenvalue weighted by atomic mass is 10.0. The first-order chi connectivity index (χ1) is 16.6. The van der Waals surface area contributed by atoms with Crippen LogP contribution in [0, 0.1) is 0 Å². The van der Waals surface area contributed by atoms with E-state index in [2.05, 4.69) is 46.9 Å². The fraction of sp³-hybridized carbons (Fsp3) is 0.500. The lowest BCUT2D eigenvalue weighted by Gasteiger charge is -2.45.